The van der Waals surface area contributed by atoms with Gasteiger partial charge in [-0.1, -0.05) is 23.2 Å². The summed E-state index contributed by atoms with van der Waals surface area (Å²) in [4.78, 5) is 2.91. The molecule has 0 amide bonds. The molecule has 0 aliphatic carbocycles. The minimum Gasteiger partial charge on any atom is -1.00 e. The molecular weight excluding hydrogens is 343 g/mol. The first-order valence-corrected chi connectivity index (χ1v) is 3.30. The SMILES string of the molecule is N#[N+]c1cc(Cl)ccc1Cl.[Cl-].[Cl-].[Cl-].[Zn+2]. The normalized spacial score (nSPS) is 6.36. The van der Waals surface area contributed by atoms with Crippen LogP contribution in [0.4, 0.5) is 5.69 Å². The van der Waals surface area contributed by atoms with Crippen LogP contribution in [0, 0.1) is 5.39 Å². The minimum absolute atomic E-state index is 0. The van der Waals surface area contributed by atoms with E-state index in [1.165, 1.54) is 6.07 Å². The Hall–Kier alpha value is 0.713. The van der Waals surface area contributed by atoms with Crippen LogP contribution in [0.25, 0.3) is 4.98 Å². The van der Waals surface area contributed by atoms with Crippen molar-refractivity contribution in [1.82, 2.24) is 0 Å². The number of hydrogen-bond donors (Lipinski definition) is 0. The molecule has 0 aliphatic heterocycles. The molecule has 0 N–H and O–H groups in total. The molecule has 74 valence electrons. The Morgan fingerprint density at radius 2 is 1.57 bits per heavy atom. The summed E-state index contributed by atoms with van der Waals surface area (Å²) in [5.74, 6) is 0. The smallest absolute Gasteiger partial charge is 1.00 e. The van der Waals surface area contributed by atoms with E-state index in [-0.39, 0.29) is 62.4 Å². The molecular formula is C6H3Cl5N2Zn. The van der Waals surface area contributed by atoms with Gasteiger partial charge in [0.2, 0.25) is 5.39 Å². The summed E-state index contributed by atoms with van der Waals surface area (Å²) >= 11 is 11.1. The largest absolute Gasteiger partial charge is 2.00 e. The Morgan fingerprint density at radius 1 is 1.07 bits per heavy atom. The van der Waals surface area contributed by atoms with Crippen LogP contribution in [0.3, 0.4) is 0 Å². The maximum absolute atomic E-state index is 8.32. The molecule has 1 rings (SSSR count). The standard InChI is InChI=1S/C6H3Cl2N2.3ClH.Zn/c7-4-1-2-5(8)6(3-4)10-9;;;;/h1-3H;3*1H;/q+1;;;;+2/p-3. The zero-order valence-electron chi connectivity index (χ0n) is 6.72. The Morgan fingerprint density at radius 3 is 1.93 bits per heavy atom. The summed E-state index contributed by atoms with van der Waals surface area (Å²) in [6.07, 6.45) is 0. The van der Waals surface area contributed by atoms with Crippen molar-refractivity contribution in [3.8, 4) is 0 Å². The van der Waals surface area contributed by atoms with Gasteiger partial charge in [0.15, 0.2) is 4.98 Å². The van der Waals surface area contributed by atoms with Crippen molar-refractivity contribution >= 4 is 28.9 Å². The van der Waals surface area contributed by atoms with Crippen molar-refractivity contribution in [1.29, 1.82) is 5.39 Å². The minimum atomic E-state index is 0. The number of rotatable bonds is 0. The van der Waals surface area contributed by atoms with Gasteiger partial charge >= 0.3 is 25.2 Å². The summed E-state index contributed by atoms with van der Waals surface area (Å²) < 4.78 is 0. The maximum Gasteiger partial charge on any atom is 2.00 e. The summed E-state index contributed by atoms with van der Waals surface area (Å²) in [5, 5.41) is 9.20. The number of hydrogen-bond acceptors (Lipinski definition) is 1. The Labute approximate surface area is 123 Å². The van der Waals surface area contributed by atoms with E-state index in [0.29, 0.717) is 10.0 Å². The summed E-state index contributed by atoms with van der Waals surface area (Å²) in [7, 11) is 0. The molecule has 0 spiro atoms. The summed E-state index contributed by atoms with van der Waals surface area (Å²) in [5.41, 5.74) is 0.286. The average Bonchev–Trinajstić information content (AvgIpc) is 1.94. The van der Waals surface area contributed by atoms with Crippen molar-refractivity contribution in [2.45, 2.75) is 0 Å². The van der Waals surface area contributed by atoms with Gasteiger partial charge in [-0.3, -0.25) is 0 Å². The zero-order chi connectivity index (χ0) is 7.56. The molecule has 0 saturated heterocycles. The molecule has 0 unspecified atom stereocenters. The van der Waals surface area contributed by atoms with E-state index in [9.17, 15) is 0 Å². The Kier molecular flexibility index (Phi) is 20.3. The van der Waals surface area contributed by atoms with Crippen LogP contribution in [-0.2, 0) is 19.5 Å². The molecule has 14 heavy (non-hydrogen) atoms. The second-order valence-electron chi connectivity index (χ2n) is 1.70. The molecule has 2 nitrogen and oxygen atoms in total. The van der Waals surface area contributed by atoms with E-state index in [2.05, 4.69) is 4.98 Å². The van der Waals surface area contributed by atoms with Gasteiger partial charge in [0.05, 0.1) is 6.07 Å². The predicted molar refractivity (Wildman–Crippen MR) is 41.2 cm³/mol. The van der Waals surface area contributed by atoms with Crippen LogP contribution in [0.5, 0.6) is 0 Å². The van der Waals surface area contributed by atoms with Gasteiger partial charge in [0.1, 0.15) is 5.02 Å². The molecule has 1 aromatic rings. The number of halogens is 5. The van der Waals surface area contributed by atoms with Gasteiger partial charge in [-0.25, -0.2) is 0 Å². The average molecular weight is 346 g/mol. The summed E-state index contributed by atoms with van der Waals surface area (Å²) in [6, 6.07) is 4.67. The van der Waals surface area contributed by atoms with E-state index in [1.807, 2.05) is 0 Å². The topological polar surface area (TPSA) is 28.1 Å². The van der Waals surface area contributed by atoms with Crippen LogP contribution in [0.15, 0.2) is 18.2 Å². The zero-order valence-corrected chi connectivity index (χ0v) is 13.5. The van der Waals surface area contributed by atoms with Crippen LogP contribution in [0.2, 0.25) is 10.0 Å². The van der Waals surface area contributed by atoms with Crippen molar-refractivity contribution in [2.24, 2.45) is 0 Å². The first kappa shape index (κ1) is 24.1. The molecule has 0 aliphatic rings. The first-order valence-electron chi connectivity index (χ1n) is 2.54. The van der Waals surface area contributed by atoms with E-state index in [4.69, 9.17) is 28.6 Å². The molecule has 0 bridgehead atoms. The van der Waals surface area contributed by atoms with Crippen LogP contribution in [0.1, 0.15) is 0 Å². The van der Waals surface area contributed by atoms with E-state index >= 15 is 0 Å². The van der Waals surface area contributed by atoms with Gasteiger partial charge in [-0.2, -0.15) is 0 Å². The van der Waals surface area contributed by atoms with E-state index in [1.54, 1.807) is 12.1 Å². The molecule has 0 fully saturated rings. The fraction of sp³-hybridized carbons (Fsp3) is 0. The Balaban J connectivity index is -0.000000125. The van der Waals surface area contributed by atoms with Gasteiger partial charge < -0.3 is 37.2 Å². The van der Waals surface area contributed by atoms with Crippen molar-refractivity contribution in [3.05, 3.63) is 33.2 Å². The third kappa shape index (κ3) is 7.06. The van der Waals surface area contributed by atoms with Crippen molar-refractivity contribution in [2.75, 3.05) is 0 Å². The second kappa shape index (κ2) is 11.8. The molecule has 1 aromatic carbocycles. The molecule has 0 heterocycles. The third-order valence-corrected chi connectivity index (χ3v) is 1.57. The fourth-order valence-electron chi connectivity index (χ4n) is 0.562. The Bertz CT molecular complexity index is 301. The second-order valence-corrected chi connectivity index (χ2v) is 2.54. The van der Waals surface area contributed by atoms with E-state index < -0.39 is 0 Å². The number of diazo groups is 1. The van der Waals surface area contributed by atoms with Gasteiger partial charge in [0.25, 0.3) is 0 Å². The molecule has 0 atom stereocenters. The third-order valence-electron chi connectivity index (χ3n) is 1.02. The van der Waals surface area contributed by atoms with E-state index in [0.717, 1.165) is 0 Å². The van der Waals surface area contributed by atoms with Crippen molar-refractivity contribution < 1.29 is 56.7 Å². The number of nitrogens with zero attached hydrogens (tertiary/aromatic N) is 2. The van der Waals surface area contributed by atoms with Crippen LogP contribution in [-0.4, -0.2) is 0 Å². The molecule has 8 heteroatoms. The van der Waals surface area contributed by atoms with Gasteiger partial charge in [0, 0.05) is 5.02 Å². The fourth-order valence-corrected chi connectivity index (χ4v) is 0.884. The summed E-state index contributed by atoms with van der Waals surface area (Å²) in [6.45, 7) is 0. The monoisotopic (exact) mass is 342 g/mol. The molecule has 0 saturated carbocycles. The molecule has 0 radical (unpaired) electrons. The van der Waals surface area contributed by atoms with Crippen LogP contribution >= 0.6 is 23.2 Å². The number of benzene rings is 1. The predicted octanol–water partition coefficient (Wildman–Crippen LogP) is -5.51. The van der Waals surface area contributed by atoms with Gasteiger partial charge in [-0.15, -0.1) is 0 Å². The first-order chi connectivity index (χ1) is 4.74. The maximum atomic E-state index is 8.32. The van der Waals surface area contributed by atoms with Crippen molar-refractivity contribution in [3.63, 3.8) is 0 Å². The quantitative estimate of drug-likeness (QED) is 0.341. The molecule has 0 aromatic heterocycles. The van der Waals surface area contributed by atoms with Gasteiger partial charge in [-0.05, 0) is 12.1 Å². The van der Waals surface area contributed by atoms with Crippen LogP contribution < -0.4 is 37.2 Å².